The van der Waals surface area contributed by atoms with Crippen LogP contribution < -0.4 is 5.32 Å². The molecule has 0 aliphatic carbocycles. The van der Waals surface area contributed by atoms with Crippen molar-refractivity contribution in [3.63, 3.8) is 0 Å². The van der Waals surface area contributed by atoms with Crippen LogP contribution in [0.15, 0.2) is 18.3 Å². The van der Waals surface area contributed by atoms with Gasteiger partial charge in [-0.3, -0.25) is 9.78 Å². The molecule has 0 radical (unpaired) electrons. The average Bonchev–Trinajstić information content (AvgIpc) is 2.46. The Hall–Kier alpha value is -1.23. The topological polar surface area (TPSA) is 45.2 Å². The zero-order valence-electron chi connectivity index (χ0n) is 12.1. The number of carbonyl (C=O) groups is 1. The Kier molecular flexibility index (Phi) is 6.70. The number of hydrogen-bond donors (Lipinski definition) is 1. The third-order valence-electron chi connectivity index (χ3n) is 3.03. The molecule has 5 heteroatoms. The minimum atomic E-state index is -0.00781. The molecule has 0 aliphatic rings. The van der Waals surface area contributed by atoms with E-state index in [2.05, 4.69) is 23.5 Å². The van der Waals surface area contributed by atoms with Gasteiger partial charge in [0.25, 0.3) is 5.91 Å². The number of pyridine rings is 1. The van der Waals surface area contributed by atoms with Crippen LogP contribution in [-0.2, 0) is 0 Å². The van der Waals surface area contributed by atoms with Crippen LogP contribution >= 0.6 is 11.8 Å². The fraction of sp³-hybridized carbons (Fsp3) is 0.571. The number of nitrogens with one attached hydrogen (secondary N) is 1. The van der Waals surface area contributed by atoms with Crippen LogP contribution in [-0.4, -0.2) is 46.9 Å². The normalized spacial score (nSPS) is 12.0. The van der Waals surface area contributed by atoms with Crippen molar-refractivity contribution in [2.45, 2.75) is 26.0 Å². The van der Waals surface area contributed by atoms with Gasteiger partial charge in [0, 0.05) is 36.8 Å². The van der Waals surface area contributed by atoms with Crippen LogP contribution in [0.5, 0.6) is 0 Å². The van der Waals surface area contributed by atoms with Crippen molar-refractivity contribution in [1.29, 1.82) is 0 Å². The molecule has 0 saturated heterocycles. The van der Waals surface area contributed by atoms with Gasteiger partial charge in [0.05, 0.1) is 0 Å². The van der Waals surface area contributed by atoms with E-state index >= 15 is 0 Å². The smallest absolute Gasteiger partial charge is 0.272 e. The van der Waals surface area contributed by atoms with Gasteiger partial charge in [0.15, 0.2) is 0 Å². The highest BCUT2D eigenvalue weighted by molar-refractivity contribution is 7.99. The molecule has 0 aromatic carbocycles. The SMILES string of the molecule is CCN(CC)C(=O)c1cc(NCC(C)SC)ccn1. The molecular weight excluding hydrogens is 258 g/mol. The molecule has 19 heavy (non-hydrogen) atoms. The van der Waals surface area contributed by atoms with E-state index in [9.17, 15) is 4.79 Å². The lowest BCUT2D eigenvalue weighted by Crippen LogP contribution is -2.31. The van der Waals surface area contributed by atoms with E-state index in [1.165, 1.54) is 0 Å². The lowest BCUT2D eigenvalue weighted by molar-refractivity contribution is 0.0767. The fourth-order valence-electron chi connectivity index (χ4n) is 1.68. The van der Waals surface area contributed by atoms with Crippen LogP contribution in [0, 0.1) is 0 Å². The third kappa shape index (κ3) is 4.74. The molecule has 0 fully saturated rings. The Bertz CT molecular complexity index is 407. The van der Waals surface area contributed by atoms with Crippen molar-refractivity contribution >= 4 is 23.4 Å². The second-order valence-electron chi connectivity index (χ2n) is 4.33. The van der Waals surface area contributed by atoms with E-state index < -0.39 is 0 Å². The Labute approximate surface area is 120 Å². The summed E-state index contributed by atoms with van der Waals surface area (Å²) in [7, 11) is 0. The van der Waals surface area contributed by atoms with Crippen molar-refractivity contribution in [2.75, 3.05) is 31.2 Å². The van der Waals surface area contributed by atoms with Gasteiger partial charge in [-0.1, -0.05) is 6.92 Å². The Morgan fingerprint density at radius 3 is 2.74 bits per heavy atom. The second-order valence-corrected chi connectivity index (χ2v) is 5.61. The predicted octanol–water partition coefficient (Wildman–Crippen LogP) is 2.73. The molecule has 1 heterocycles. The molecule has 1 rings (SSSR count). The van der Waals surface area contributed by atoms with E-state index in [0.29, 0.717) is 24.0 Å². The predicted molar refractivity (Wildman–Crippen MR) is 83.0 cm³/mol. The molecule has 4 nitrogen and oxygen atoms in total. The summed E-state index contributed by atoms with van der Waals surface area (Å²) in [5, 5.41) is 3.87. The number of aromatic nitrogens is 1. The van der Waals surface area contributed by atoms with Gasteiger partial charge in [0.1, 0.15) is 5.69 Å². The van der Waals surface area contributed by atoms with Crippen LogP contribution in [0.4, 0.5) is 5.69 Å². The van der Waals surface area contributed by atoms with Crippen molar-refractivity contribution in [3.8, 4) is 0 Å². The number of amides is 1. The Morgan fingerprint density at radius 1 is 1.47 bits per heavy atom. The van der Waals surface area contributed by atoms with Gasteiger partial charge in [-0.15, -0.1) is 0 Å². The molecule has 0 aliphatic heterocycles. The van der Waals surface area contributed by atoms with E-state index in [-0.39, 0.29) is 5.91 Å². The summed E-state index contributed by atoms with van der Waals surface area (Å²) in [6.07, 6.45) is 3.77. The van der Waals surface area contributed by atoms with Gasteiger partial charge in [-0.05, 0) is 32.2 Å². The molecular formula is C14H23N3OS. The maximum Gasteiger partial charge on any atom is 0.272 e. The number of rotatable bonds is 7. The van der Waals surface area contributed by atoms with Crippen molar-refractivity contribution in [2.24, 2.45) is 0 Å². The quantitative estimate of drug-likeness (QED) is 0.834. The fourth-order valence-corrected chi connectivity index (χ4v) is 1.93. The second kappa shape index (κ2) is 8.04. The number of nitrogens with zero attached hydrogens (tertiary/aromatic N) is 2. The summed E-state index contributed by atoms with van der Waals surface area (Å²) in [5.41, 5.74) is 1.46. The van der Waals surface area contributed by atoms with Crippen molar-refractivity contribution < 1.29 is 4.79 Å². The van der Waals surface area contributed by atoms with Gasteiger partial charge < -0.3 is 10.2 Å². The monoisotopic (exact) mass is 281 g/mol. The molecule has 1 aromatic rings. The van der Waals surface area contributed by atoms with Crippen LogP contribution in [0.2, 0.25) is 0 Å². The molecule has 0 bridgehead atoms. The zero-order chi connectivity index (χ0) is 14.3. The molecule has 1 atom stereocenters. The minimum absolute atomic E-state index is 0.00781. The molecule has 1 unspecified atom stereocenters. The summed E-state index contributed by atoms with van der Waals surface area (Å²) in [6.45, 7) is 8.41. The van der Waals surface area contributed by atoms with Crippen LogP contribution in [0.3, 0.4) is 0 Å². The number of anilines is 1. The Morgan fingerprint density at radius 2 is 2.16 bits per heavy atom. The minimum Gasteiger partial charge on any atom is -0.384 e. The molecule has 1 aromatic heterocycles. The lowest BCUT2D eigenvalue weighted by Gasteiger charge is -2.18. The maximum absolute atomic E-state index is 12.2. The number of carbonyl (C=O) groups excluding carboxylic acids is 1. The Balaban J connectivity index is 2.73. The maximum atomic E-state index is 12.2. The zero-order valence-corrected chi connectivity index (χ0v) is 13.0. The highest BCUT2D eigenvalue weighted by Gasteiger charge is 2.14. The van der Waals surface area contributed by atoms with E-state index in [1.54, 1.807) is 11.1 Å². The van der Waals surface area contributed by atoms with Gasteiger partial charge in [-0.25, -0.2) is 0 Å². The summed E-state index contributed by atoms with van der Waals surface area (Å²) >= 11 is 1.81. The van der Waals surface area contributed by atoms with Gasteiger partial charge >= 0.3 is 0 Å². The first-order valence-corrected chi connectivity index (χ1v) is 7.93. The first kappa shape index (κ1) is 15.8. The molecule has 0 spiro atoms. The molecule has 0 saturated carbocycles. The lowest BCUT2D eigenvalue weighted by atomic mass is 10.2. The third-order valence-corrected chi connectivity index (χ3v) is 4.00. The number of hydrogen-bond acceptors (Lipinski definition) is 4. The van der Waals surface area contributed by atoms with Crippen LogP contribution in [0.1, 0.15) is 31.3 Å². The average molecular weight is 281 g/mol. The summed E-state index contributed by atoms with van der Waals surface area (Å²) < 4.78 is 0. The van der Waals surface area contributed by atoms with E-state index in [4.69, 9.17) is 0 Å². The first-order valence-electron chi connectivity index (χ1n) is 6.64. The standard InChI is InChI=1S/C14H23N3OS/c1-5-17(6-2)14(18)13-9-12(7-8-15-13)16-10-11(3)19-4/h7-9,11H,5-6,10H2,1-4H3,(H,15,16). The van der Waals surface area contributed by atoms with Crippen molar-refractivity contribution in [1.82, 2.24) is 9.88 Å². The molecule has 1 amide bonds. The molecule has 106 valence electrons. The van der Waals surface area contributed by atoms with Crippen LogP contribution in [0.25, 0.3) is 0 Å². The molecule has 1 N–H and O–H groups in total. The van der Waals surface area contributed by atoms with E-state index in [0.717, 1.165) is 12.2 Å². The highest BCUT2D eigenvalue weighted by Crippen LogP contribution is 2.12. The largest absolute Gasteiger partial charge is 0.384 e. The number of thioether (sulfide) groups is 1. The summed E-state index contributed by atoms with van der Waals surface area (Å²) in [6, 6.07) is 3.72. The van der Waals surface area contributed by atoms with Gasteiger partial charge in [-0.2, -0.15) is 11.8 Å². The van der Waals surface area contributed by atoms with Crippen molar-refractivity contribution in [3.05, 3.63) is 24.0 Å². The first-order chi connectivity index (χ1) is 9.12. The highest BCUT2D eigenvalue weighted by atomic mass is 32.2. The summed E-state index contributed by atoms with van der Waals surface area (Å²) in [4.78, 5) is 18.1. The van der Waals surface area contributed by atoms with E-state index in [1.807, 2.05) is 37.7 Å². The summed E-state index contributed by atoms with van der Waals surface area (Å²) in [5.74, 6) is -0.00781. The van der Waals surface area contributed by atoms with Gasteiger partial charge in [0.2, 0.25) is 0 Å².